The lowest BCUT2D eigenvalue weighted by Crippen LogP contribution is -2.42. The third-order valence-corrected chi connectivity index (χ3v) is 4.23. The van der Waals surface area contributed by atoms with Gasteiger partial charge in [0.2, 0.25) is 5.91 Å². The number of nitrogens with two attached hydrogens (primary N) is 1. The van der Waals surface area contributed by atoms with Crippen LogP contribution in [0.25, 0.3) is 0 Å². The molecule has 2 N–H and O–H groups in total. The minimum atomic E-state index is 0. The van der Waals surface area contributed by atoms with Gasteiger partial charge < -0.3 is 10.6 Å². The van der Waals surface area contributed by atoms with Crippen LogP contribution in [0, 0.1) is 11.8 Å². The molecule has 0 aromatic rings. The standard InChI is InChI=1S/C13H24N2O.ClH/c1-2-10-4-3-7-15(9-10)13(16)11-5-6-12(14)8-11;/h10-12H,2-9,14H2,1H3;1H. The number of amides is 1. The molecular weight excluding hydrogens is 236 g/mol. The molecule has 0 bridgehead atoms. The van der Waals surface area contributed by atoms with E-state index >= 15 is 0 Å². The first-order valence-corrected chi connectivity index (χ1v) is 6.75. The van der Waals surface area contributed by atoms with Crippen LogP contribution >= 0.6 is 12.4 Å². The van der Waals surface area contributed by atoms with Crippen LogP contribution in [0.3, 0.4) is 0 Å². The fourth-order valence-electron chi connectivity index (χ4n) is 3.10. The summed E-state index contributed by atoms with van der Waals surface area (Å²) in [5.41, 5.74) is 5.88. The molecule has 1 saturated carbocycles. The van der Waals surface area contributed by atoms with Gasteiger partial charge in [0.25, 0.3) is 0 Å². The third kappa shape index (κ3) is 3.59. The Hall–Kier alpha value is -0.280. The summed E-state index contributed by atoms with van der Waals surface area (Å²) in [6, 6.07) is 0.265. The van der Waals surface area contributed by atoms with Crippen molar-refractivity contribution in [2.75, 3.05) is 13.1 Å². The molecule has 1 amide bonds. The van der Waals surface area contributed by atoms with Crippen molar-refractivity contribution < 1.29 is 4.79 Å². The maximum atomic E-state index is 12.3. The second kappa shape index (κ2) is 6.60. The van der Waals surface area contributed by atoms with Gasteiger partial charge in [0.05, 0.1) is 0 Å². The molecule has 1 aliphatic carbocycles. The highest BCUT2D eigenvalue weighted by Gasteiger charge is 2.32. The second-order valence-electron chi connectivity index (χ2n) is 5.47. The molecule has 3 nitrogen and oxygen atoms in total. The van der Waals surface area contributed by atoms with E-state index in [-0.39, 0.29) is 24.4 Å². The summed E-state index contributed by atoms with van der Waals surface area (Å²) in [7, 11) is 0. The maximum absolute atomic E-state index is 12.3. The topological polar surface area (TPSA) is 46.3 Å². The van der Waals surface area contributed by atoms with Gasteiger partial charge in [-0.25, -0.2) is 0 Å². The van der Waals surface area contributed by atoms with Crippen molar-refractivity contribution >= 4 is 18.3 Å². The van der Waals surface area contributed by atoms with Crippen molar-refractivity contribution in [1.82, 2.24) is 4.90 Å². The smallest absolute Gasteiger partial charge is 0.225 e. The van der Waals surface area contributed by atoms with Crippen molar-refractivity contribution in [2.24, 2.45) is 17.6 Å². The third-order valence-electron chi connectivity index (χ3n) is 4.23. The lowest BCUT2D eigenvalue weighted by atomic mass is 9.94. The molecule has 2 aliphatic rings. The number of likely N-dealkylation sites (tertiary alicyclic amines) is 1. The van der Waals surface area contributed by atoms with Gasteiger partial charge in [-0.15, -0.1) is 12.4 Å². The minimum Gasteiger partial charge on any atom is -0.342 e. The van der Waals surface area contributed by atoms with Crippen molar-refractivity contribution in [1.29, 1.82) is 0 Å². The van der Waals surface area contributed by atoms with E-state index in [4.69, 9.17) is 5.73 Å². The largest absolute Gasteiger partial charge is 0.342 e. The molecule has 1 saturated heterocycles. The number of nitrogens with zero attached hydrogens (tertiary/aromatic N) is 1. The molecule has 2 fully saturated rings. The molecule has 0 radical (unpaired) electrons. The normalized spacial score (nSPS) is 33.3. The van der Waals surface area contributed by atoms with E-state index < -0.39 is 0 Å². The zero-order chi connectivity index (χ0) is 11.5. The highest BCUT2D eigenvalue weighted by Crippen LogP contribution is 2.28. The predicted molar refractivity (Wildman–Crippen MR) is 72.2 cm³/mol. The Morgan fingerprint density at radius 3 is 2.71 bits per heavy atom. The predicted octanol–water partition coefficient (Wildman–Crippen LogP) is 2.18. The monoisotopic (exact) mass is 260 g/mol. The Morgan fingerprint density at radius 1 is 1.35 bits per heavy atom. The van der Waals surface area contributed by atoms with Crippen LogP contribution in [-0.2, 0) is 4.79 Å². The fraction of sp³-hybridized carbons (Fsp3) is 0.923. The number of hydrogen-bond acceptors (Lipinski definition) is 2. The summed E-state index contributed by atoms with van der Waals surface area (Å²) >= 11 is 0. The summed E-state index contributed by atoms with van der Waals surface area (Å²) < 4.78 is 0. The van der Waals surface area contributed by atoms with Crippen LogP contribution in [0.2, 0.25) is 0 Å². The number of carbonyl (C=O) groups excluding carboxylic acids is 1. The van der Waals surface area contributed by atoms with E-state index in [2.05, 4.69) is 11.8 Å². The number of carbonyl (C=O) groups is 1. The Balaban J connectivity index is 0.00000144. The van der Waals surface area contributed by atoms with Gasteiger partial charge in [-0.2, -0.15) is 0 Å². The van der Waals surface area contributed by atoms with Gasteiger partial charge in [0, 0.05) is 25.0 Å². The van der Waals surface area contributed by atoms with E-state index in [0.717, 1.165) is 38.3 Å². The van der Waals surface area contributed by atoms with Gasteiger partial charge in [-0.05, 0) is 38.0 Å². The first-order valence-electron chi connectivity index (χ1n) is 6.75. The molecule has 2 rings (SSSR count). The van der Waals surface area contributed by atoms with E-state index in [1.165, 1.54) is 19.3 Å². The summed E-state index contributed by atoms with van der Waals surface area (Å²) in [4.78, 5) is 14.4. The highest BCUT2D eigenvalue weighted by molar-refractivity contribution is 5.85. The van der Waals surface area contributed by atoms with Crippen LogP contribution in [-0.4, -0.2) is 29.9 Å². The Morgan fingerprint density at radius 2 is 2.12 bits per heavy atom. The average molecular weight is 261 g/mol. The Bertz CT molecular complexity index is 260. The second-order valence-corrected chi connectivity index (χ2v) is 5.47. The van der Waals surface area contributed by atoms with Crippen LogP contribution in [0.4, 0.5) is 0 Å². The van der Waals surface area contributed by atoms with E-state index in [1.54, 1.807) is 0 Å². The van der Waals surface area contributed by atoms with Crippen LogP contribution < -0.4 is 5.73 Å². The average Bonchev–Trinajstić information content (AvgIpc) is 2.75. The molecule has 4 heteroatoms. The highest BCUT2D eigenvalue weighted by atomic mass is 35.5. The summed E-state index contributed by atoms with van der Waals surface area (Å²) in [5.74, 6) is 1.34. The molecule has 0 aromatic heterocycles. The maximum Gasteiger partial charge on any atom is 0.225 e. The van der Waals surface area contributed by atoms with Gasteiger partial charge in [-0.3, -0.25) is 4.79 Å². The molecule has 1 heterocycles. The van der Waals surface area contributed by atoms with Crippen molar-refractivity contribution in [3.8, 4) is 0 Å². The molecule has 0 aromatic carbocycles. The van der Waals surface area contributed by atoms with Crippen LogP contribution in [0.5, 0.6) is 0 Å². The zero-order valence-corrected chi connectivity index (χ0v) is 11.5. The first kappa shape index (κ1) is 14.8. The van der Waals surface area contributed by atoms with Crippen LogP contribution in [0.15, 0.2) is 0 Å². The molecule has 1 aliphatic heterocycles. The quantitative estimate of drug-likeness (QED) is 0.827. The lowest BCUT2D eigenvalue weighted by molar-refractivity contribution is -0.137. The molecule has 17 heavy (non-hydrogen) atoms. The van der Waals surface area contributed by atoms with Gasteiger partial charge in [0.15, 0.2) is 0 Å². The first-order chi connectivity index (χ1) is 7.70. The number of piperidine rings is 1. The Labute approximate surface area is 111 Å². The fourth-order valence-corrected chi connectivity index (χ4v) is 3.10. The molecular formula is C13H25ClN2O. The van der Waals surface area contributed by atoms with Gasteiger partial charge in [0.1, 0.15) is 0 Å². The Kier molecular flexibility index (Phi) is 5.74. The number of hydrogen-bond donors (Lipinski definition) is 1. The zero-order valence-electron chi connectivity index (χ0n) is 10.7. The summed E-state index contributed by atoms with van der Waals surface area (Å²) in [5, 5.41) is 0. The molecule has 0 spiro atoms. The lowest BCUT2D eigenvalue weighted by Gasteiger charge is -2.34. The SMILES string of the molecule is CCC1CCCN(C(=O)C2CCC(N)C2)C1.Cl. The van der Waals surface area contributed by atoms with Gasteiger partial charge in [-0.1, -0.05) is 13.3 Å². The molecule has 3 atom stereocenters. The van der Waals surface area contributed by atoms with Crippen LogP contribution in [0.1, 0.15) is 45.4 Å². The van der Waals surface area contributed by atoms with Crippen molar-refractivity contribution in [3.63, 3.8) is 0 Å². The van der Waals surface area contributed by atoms with E-state index in [9.17, 15) is 4.79 Å². The summed E-state index contributed by atoms with van der Waals surface area (Å²) in [6.45, 7) is 4.19. The summed E-state index contributed by atoms with van der Waals surface area (Å²) in [6.07, 6.45) is 6.63. The minimum absolute atomic E-state index is 0. The van der Waals surface area contributed by atoms with Crippen molar-refractivity contribution in [3.05, 3.63) is 0 Å². The van der Waals surface area contributed by atoms with E-state index in [1.807, 2.05) is 0 Å². The molecule has 100 valence electrons. The van der Waals surface area contributed by atoms with E-state index in [0.29, 0.717) is 5.91 Å². The van der Waals surface area contributed by atoms with Gasteiger partial charge >= 0.3 is 0 Å². The number of rotatable bonds is 2. The number of halogens is 1. The van der Waals surface area contributed by atoms with Crippen molar-refractivity contribution in [2.45, 2.75) is 51.5 Å². The molecule has 3 unspecified atom stereocenters.